The Hall–Kier alpha value is -4.39. The number of benzene rings is 3. The lowest BCUT2D eigenvalue weighted by Crippen LogP contribution is -2.40. The molecule has 1 atom stereocenters. The van der Waals surface area contributed by atoms with Gasteiger partial charge in [0.05, 0.1) is 7.11 Å². The summed E-state index contributed by atoms with van der Waals surface area (Å²) in [4.78, 5) is 30.2. The van der Waals surface area contributed by atoms with Gasteiger partial charge in [-0.3, -0.25) is 9.59 Å². The van der Waals surface area contributed by atoms with Gasteiger partial charge in [0.25, 0.3) is 5.91 Å². The molecule has 0 fully saturated rings. The second-order valence-electron chi connectivity index (χ2n) is 7.52. The number of hydrogen-bond acceptors (Lipinski definition) is 5. The fourth-order valence-corrected chi connectivity index (χ4v) is 3.53. The molecule has 0 unspecified atom stereocenters. The highest BCUT2D eigenvalue weighted by molar-refractivity contribution is 6.02. The van der Waals surface area contributed by atoms with Gasteiger partial charge in [-0.1, -0.05) is 48.5 Å². The van der Waals surface area contributed by atoms with Crippen LogP contribution in [0.15, 0.2) is 85.1 Å². The Labute approximate surface area is 191 Å². The largest absolute Gasteiger partial charge is 0.497 e. The molecule has 0 aliphatic heterocycles. The zero-order valence-electron chi connectivity index (χ0n) is 18.1. The molecule has 4 aromatic rings. The van der Waals surface area contributed by atoms with Crippen LogP contribution in [-0.4, -0.2) is 23.9 Å². The van der Waals surface area contributed by atoms with E-state index < -0.39 is 6.04 Å². The van der Waals surface area contributed by atoms with E-state index in [1.807, 2.05) is 54.6 Å². The van der Waals surface area contributed by atoms with Crippen molar-refractivity contribution in [2.24, 2.45) is 0 Å². The highest BCUT2D eigenvalue weighted by atomic mass is 16.5. The van der Waals surface area contributed by atoms with Crippen LogP contribution in [0.4, 0.5) is 5.82 Å². The van der Waals surface area contributed by atoms with Crippen LogP contribution in [0.2, 0.25) is 0 Å². The first-order valence-electron chi connectivity index (χ1n) is 10.5. The molecule has 0 aliphatic rings. The third kappa shape index (κ3) is 5.10. The van der Waals surface area contributed by atoms with E-state index in [-0.39, 0.29) is 11.8 Å². The number of nitrogens with zero attached hydrogens (tertiary/aromatic N) is 1. The second-order valence-corrected chi connectivity index (χ2v) is 7.52. The summed E-state index contributed by atoms with van der Waals surface area (Å²) < 4.78 is 5.16. The lowest BCUT2D eigenvalue weighted by molar-refractivity contribution is -0.123. The van der Waals surface area contributed by atoms with Gasteiger partial charge in [0.15, 0.2) is 0 Å². The first-order chi connectivity index (χ1) is 16.0. The number of amides is 2. The summed E-state index contributed by atoms with van der Waals surface area (Å²) in [7, 11) is 1.60. The van der Waals surface area contributed by atoms with Crippen molar-refractivity contribution in [2.75, 3.05) is 12.8 Å². The topological polar surface area (TPSA) is 106 Å². The molecule has 1 heterocycles. The smallest absolute Gasteiger partial charge is 0.252 e. The lowest BCUT2D eigenvalue weighted by atomic mass is 10.0. The maximum atomic E-state index is 13.1. The molecule has 0 saturated carbocycles. The molecule has 0 aliphatic carbocycles. The number of carbonyl (C=O) groups is 2. The summed E-state index contributed by atoms with van der Waals surface area (Å²) in [5.74, 6) is 0.394. The van der Waals surface area contributed by atoms with Crippen LogP contribution in [-0.2, 0) is 11.3 Å². The molecule has 7 nitrogen and oxygen atoms in total. The van der Waals surface area contributed by atoms with Gasteiger partial charge in [0.2, 0.25) is 5.91 Å². The van der Waals surface area contributed by atoms with Crippen LogP contribution in [0.1, 0.15) is 27.5 Å². The fourth-order valence-electron chi connectivity index (χ4n) is 3.53. The van der Waals surface area contributed by atoms with Gasteiger partial charge in [-0.25, -0.2) is 4.98 Å². The molecule has 1 aromatic heterocycles. The van der Waals surface area contributed by atoms with Crippen LogP contribution < -0.4 is 21.1 Å². The number of aromatic nitrogens is 1. The zero-order valence-corrected chi connectivity index (χ0v) is 18.1. The first-order valence-corrected chi connectivity index (χ1v) is 10.5. The van der Waals surface area contributed by atoms with Gasteiger partial charge in [0.1, 0.15) is 17.6 Å². The Balaban J connectivity index is 1.53. The number of nitrogen functional groups attached to an aromatic ring is 1. The molecule has 3 aromatic carbocycles. The normalized spacial score (nSPS) is 11.5. The molecule has 0 saturated heterocycles. The average molecular weight is 441 g/mol. The maximum Gasteiger partial charge on any atom is 0.252 e. The minimum Gasteiger partial charge on any atom is -0.497 e. The van der Waals surface area contributed by atoms with Crippen molar-refractivity contribution in [2.45, 2.75) is 12.6 Å². The summed E-state index contributed by atoms with van der Waals surface area (Å²) in [5.41, 5.74) is 7.96. The molecule has 4 rings (SSSR count). The molecule has 0 radical (unpaired) electrons. The molecule has 4 N–H and O–H groups in total. The number of nitrogens with one attached hydrogen (secondary N) is 2. The Morgan fingerprint density at radius 3 is 2.48 bits per heavy atom. The van der Waals surface area contributed by atoms with Crippen molar-refractivity contribution in [3.8, 4) is 5.75 Å². The van der Waals surface area contributed by atoms with Crippen LogP contribution >= 0.6 is 0 Å². The van der Waals surface area contributed by atoms with E-state index in [1.54, 1.807) is 37.6 Å². The summed E-state index contributed by atoms with van der Waals surface area (Å²) >= 11 is 0. The third-order valence-corrected chi connectivity index (χ3v) is 5.36. The summed E-state index contributed by atoms with van der Waals surface area (Å²) in [6.07, 6.45) is 1.62. The van der Waals surface area contributed by atoms with Crippen LogP contribution in [0.5, 0.6) is 5.75 Å². The molecule has 0 bridgehead atoms. The standard InChI is InChI=1S/C26H24N4O3/c1-33-21-11-7-17(8-12-21)16-29-26(32)23(19-5-3-2-4-6-19)30-25(31)20-10-9-18-13-14-28-24(27)22(18)15-20/h2-15,23H,16H2,1H3,(H2,27,28)(H,29,32)(H,30,31)/t23-/m1/s1. The first kappa shape index (κ1) is 21.8. The van der Waals surface area contributed by atoms with Crippen molar-refractivity contribution in [3.63, 3.8) is 0 Å². The molecular formula is C26H24N4O3. The van der Waals surface area contributed by atoms with E-state index in [0.29, 0.717) is 28.9 Å². The zero-order chi connectivity index (χ0) is 23.2. The van der Waals surface area contributed by atoms with E-state index in [9.17, 15) is 9.59 Å². The van der Waals surface area contributed by atoms with Gasteiger partial charge < -0.3 is 21.1 Å². The number of ether oxygens (including phenoxy) is 1. The number of carbonyl (C=O) groups excluding carboxylic acids is 2. The van der Waals surface area contributed by atoms with Gasteiger partial charge in [0, 0.05) is 23.7 Å². The molecule has 166 valence electrons. The average Bonchev–Trinajstić information content (AvgIpc) is 2.86. The summed E-state index contributed by atoms with van der Waals surface area (Å²) in [6.45, 7) is 0.320. The van der Waals surface area contributed by atoms with E-state index in [1.165, 1.54) is 0 Å². The van der Waals surface area contributed by atoms with Gasteiger partial charge in [-0.15, -0.1) is 0 Å². The molecule has 7 heteroatoms. The van der Waals surface area contributed by atoms with E-state index in [0.717, 1.165) is 16.7 Å². The van der Waals surface area contributed by atoms with Crippen molar-refractivity contribution in [1.82, 2.24) is 15.6 Å². The minimum absolute atomic E-state index is 0.313. The number of anilines is 1. The highest BCUT2D eigenvalue weighted by Gasteiger charge is 2.23. The quantitative estimate of drug-likeness (QED) is 0.407. The second kappa shape index (κ2) is 9.82. The Kier molecular flexibility index (Phi) is 6.50. The van der Waals surface area contributed by atoms with Crippen molar-refractivity contribution in [1.29, 1.82) is 0 Å². The molecule has 33 heavy (non-hydrogen) atoms. The highest BCUT2D eigenvalue weighted by Crippen LogP contribution is 2.21. The minimum atomic E-state index is -0.862. The lowest BCUT2D eigenvalue weighted by Gasteiger charge is -2.19. The number of methoxy groups -OCH3 is 1. The third-order valence-electron chi connectivity index (χ3n) is 5.36. The Morgan fingerprint density at radius 2 is 1.76 bits per heavy atom. The Morgan fingerprint density at radius 1 is 1.00 bits per heavy atom. The molecular weight excluding hydrogens is 416 g/mol. The fraction of sp³-hybridized carbons (Fsp3) is 0.115. The molecule has 0 spiro atoms. The number of pyridine rings is 1. The predicted molar refractivity (Wildman–Crippen MR) is 128 cm³/mol. The number of rotatable bonds is 7. The van der Waals surface area contributed by atoms with E-state index >= 15 is 0 Å². The summed E-state index contributed by atoms with van der Waals surface area (Å²) in [5, 5.41) is 7.33. The van der Waals surface area contributed by atoms with E-state index in [2.05, 4.69) is 15.6 Å². The van der Waals surface area contributed by atoms with Crippen molar-refractivity contribution >= 4 is 28.4 Å². The summed E-state index contributed by atoms with van der Waals surface area (Å²) in [6, 6.07) is 22.7. The number of nitrogens with two attached hydrogens (primary N) is 1. The van der Waals surface area contributed by atoms with E-state index in [4.69, 9.17) is 10.5 Å². The maximum absolute atomic E-state index is 13.1. The van der Waals surface area contributed by atoms with Crippen LogP contribution in [0.25, 0.3) is 10.8 Å². The van der Waals surface area contributed by atoms with Crippen LogP contribution in [0.3, 0.4) is 0 Å². The van der Waals surface area contributed by atoms with Crippen molar-refractivity contribution < 1.29 is 14.3 Å². The van der Waals surface area contributed by atoms with Gasteiger partial charge in [-0.05, 0) is 46.8 Å². The predicted octanol–water partition coefficient (Wildman–Crippen LogP) is 3.61. The number of hydrogen-bond donors (Lipinski definition) is 3. The van der Waals surface area contributed by atoms with Gasteiger partial charge >= 0.3 is 0 Å². The monoisotopic (exact) mass is 440 g/mol. The van der Waals surface area contributed by atoms with Crippen molar-refractivity contribution in [3.05, 3.63) is 102 Å². The van der Waals surface area contributed by atoms with Gasteiger partial charge in [-0.2, -0.15) is 0 Å². The Bertz CT molecular complexity index is 1270. The molecule has 2 amide bonds. The van der Waals surface area contributed by atoms with Crippen LogP contribution in [0, 0.1) is 0 Å². The number of fused-ring (bicyclic) bond motifs is 1. The SMILES string of the molecule is COc1ccc(CNC(=O)[C@H](NC(=O)c2ccc3ccnc(N)c3c2)c2ccccc2)cc1.